The molecule has 2 N–H and O–H groups in total. The van der Waals surface area contributed by atoms with Gasteiger partial charge in [0.05, 0.1) is 5.69 Å². The van der Waals surface area contributed by atoms with Crippen molar-refractivity contribution in [3.63, 3.8) is 0 Å². The maximum atomic E-state index is 5.92. The van der Waals surface area contributed by atoms with Crippen LogP contribution in [-0.2, 0) is 6.42 Å². The molecule has 1 heterocycles. The lowest BCUT2D eigenvalue weighted by Crippen LogP contribution is -2.22. The highest BCUT2D eigenvalue weighted by atomic mass is 16.5. The molecule has 0 radical (unpaired) electrons. The molecule has 3 heteroatoms. The molecule has 3 nitrogen and oxygen atoms in total. The second-order valence-corrected chi connectivity index (χ2v) is 4.86. The molecule has 98 valence electrons. The topological polar surface area (TPSA) is 44.5 Å². The van der Waals surface area contributed by atoms with Gasteiger partial charge in [-0.25, -0.2) is 0 Å². The van der Waals surface area contributed by atoms with E-state index in [9.17, 15) is 0 Å². The Kier molecular flexibility index (Phi) is 3.03. The fourth-order valence-electron chi connectivity index (χ4n) is 2.40. The highest BCUT2D eigenvalue weighted by Gasteiger charge is 2.23. The standard InChI is InChI=1S/C16H17NO2/c1-11-5-4-7-14(17)16(11)18-10-13-9-12-6-2-3-8-15(12)19-13/h2-8,13H,9-10,17H2,1H3. The second-order valence-electron chi connectivity index (χ2n) is 4.86. The zero-order valence-corrected chi connectivity index (χ0v) is 10.9. The van der Waals surface area contributed by atoms with E-state index in [1.807, 2.05) is 43.3 Å². The summed E-state index contributed by atoms with van der Waals surface area (Å²) in [7, 11) is 0. The molecular weight excluding hydrogens is 238 g/mol. The molecule has 2 aromatic rings. The van der Waals surface area contributed by atoms with Crippen LogP contribution in [0.2, 0.25) is 0 Å². The van der Waals surface area contributed by atoms with Crippen molar-refractivity contribution in [3.05, 3.63) is 53.6 Å². The van der Waals surface area contributed by atoms with Gasteiger partial charge in [-0.1, -0.05) is 30.3 Å². The minimum atomic E-state index is 0.0661. The van der Waals surface area contributed by atoms with Gasteiger partial charge in [-0.15, -0.1) is 0 Å². The van der Waals surface area contributed by atoms with Crippen molar-refractivity contribution in [2.45, 2.75) is 19.4 Å². The number of benzene rings is 2. The van der Waals surface area contributed by atoms with Gasteiger partial charge < -0.3 is 15.2 Å². The third kappa shape index (κ3) is 2.36. The Bertz CT molecular complexity index is 550. The van der Waals surface area contributed by atoms with Crippen LogP contribution in [0.25, 0.3) is 0 Å². The van der Waals surface area contributed by atoms with E-state index >= 15 is 0 Å². The number of hydrogen-bond donors (Lipinski definition) is 1. The lowest BCUT2D eigenvalue weighted by Gasteiger charge is -2.15. The van der Waals surface area contributed by atoms with Gasteiger partial charge >= 0.3 is 0 Å². The van der Waals surface area contributed by atoms with E-state index in [1.54, 1.807) is 0 Å². The van der Waals surface area contributed by atoms with Crippen molar-refractivity contribution in [1.82, 2.24) is 0 Å². The van der Waals surface area contributed by atoms with Gasteiger partial charge in [0.15, 0.2) is 0 Å². The van der Waals surface area contributed by atoms with Gasteiger partial charge in [-0.05, 0) is 30.2 Å². The number of hydrogen-bond acceptors (Lipinski definition) is 3. The van der Waals surface area contributed by atoms with Crippen molar-refractivity contribution >= 4 is 5.69 Å². The summed E-state index contributed by atoms with van der Waals surface area (Å²) in [5, 5.41) is 0. The van der Waals surface area contributed by atoms with Gasteiger partial charge in [-0.2, -0.15) is 0 Å². The number of ether oxygens (including phenoxy) is 2. The van der Waals surface area contributed by atoms with Crippen LogP contribution >= 0.6 is 0 Å². The number of rotatable bonds is 3. The molecule has 1 aliphatic heterocycles. The quantitative estimate of drug-likeness (QED) is 0.858. The van der Waals surface area contributed by atoms with Crippen molar-refractivity contribution in [2.75, 3.05) is 12.3 Å². The maximum absolute atomic E-state index is 5.92. The van der Waals surface area contributed by atoms with Gasteiger partial charge in [0.2, 0.25) is 0 Å². The maximum Gasteiger partial charge on any atom is 0.145 e. The third-order valence-corrected chi connectivity index (χ3v) is 3.37. The van der Waals surface area contributed by atoms with Crippen LogP contribution in [-0.4, -0.2) is 12.7 Å². The molecule has 2 aromatic carbocycles. The number of nitrogen functional groups attached to an aromatic ring is 1. The Morgan fingerprint density at radius 2 is 2.05 bits per heavy atom. The van der Waals surface area contributed by atoms with Crippen LogP contribution in [0.5, 0.6) is 11.5 Å². The van der Waals surface area contributed by atoms with Crippen LogP contribution in [0, 0.1) is 6.92 Å². The Morgan fingerprint density at radius 1 is 1.21 bits per heavy atom. The van der Waals surface area contributed by atoms with E-state index in [0.717, 1.165) is 23.5 Å². The van der Waals surface area contributed by atoms with Crippen LogP contribution in [0.15, 0.2) is 42.5 Å². The van der Waals surface area contributed by atoms with Crippen molar-refractivity contribution in [3.8, 4) is 11.5 Å². The van der Waals surface area contributed by atoms with Crippen LogP contribution in [0.3, 0.4) is 0 Å². The first kappa shape index (κ1) is 11.9. The Hall–Kier alpha value is -2.16. The molecule has 0 saturated heterocycles. The minimum absolute atomic E-state index is 0.0661. The first-order valence-corrected chi connectivity index (χ1v) is 6.46. The molecule has 1 unspecified atom stereocenters. The number of para-hydroxylation sites is 2. The summed E-state index contributed by atoms with van der Waals surface area (Å²) in [5.74, 6) is 1.73. The molecule has 0 aliphatic carbocycles. The van der Waals surface area contributed by atoms with E-state index < -0.39 is 0 Å². The second kappa shape index (κ2) is 4.84. The highest BCUT2D eigenvalue weighted by Crippen LogP contribution is 2.30. The average Bonchev–Trinajstić information content (AvgIpc) is 2.81. The first-order chi connectivity index (χ1) is 9.24. The Labute approximate surface area is 113 Å². The van der Waals surface area contributed by atoms with Gasteiger partial charge in [-0.3, -0.25) is 0 Å². The van der Waals surface area contributed by atoms with E-state index in [2.05, 4.69) is 6.07 Å². The van der Waals surface area contributed by atoms with Crippen LogP contribution in [0.4, 0.5) is 5.69 Å². The minimum Gasteiger partial charge on any atom is -0.487 e. The molecule has 0 spiro atoms. The summed E-state index contributed by atoms with van der Waals surface area (Å²) in [4.78, 5) is 0. The van der Waals surface area contributed by atoms with Crippen LogP contribution < -0.4 is 15.2 Å². The lowest BCUT2D eigenvalue weighted by atomic mass is 10.1. The summed E-state index contributed by atoms with van der Waals surface area (Å²) in [6.07, 6.45) is 0.957. The molecule has 1 atom stereocenters. The average molecular weight is 255 g/mol. The first-order valence-electron chi connectivity index (χ1n) is 6.46. The zero-order valence-electron chi connectivity index (χ0n) is 10.9. The summed E-state index contributed by atoms with van der Waals surface area (Å²) in [6, 6.07) is 13.9. The van der Waals surface area contributed by atoms with Gasteiger partial charge in [0.1, 0.15) is 24.2 Å². The Balaban J connectivity index is 1.66. The predicted octanol–water partition coefficient (Wildman–Crippen LogP) is 2.96. The largest absolute Gasteiger partial charge is 0.487 e. The van der Waals surface area contributed by atoms with Crippen molar-refractivity contribution in [1.29, 1.82) is 0 Å². The predicted molar refractivity (Wildman–Crippen MR) is 75.6 cm³/mol. The molecular formula is C16H17NO2. The molecule has 3 rings (SSSR count). The molecule has 1 aliphatic rings. The van der Waals surface area contributed by atoms with Crippen LogP contribution in [0.1, 0.15) is 11.1 Å². The number of anilines is 1. The number of fused-ring (bicyclic) bond motifs is 1. The van der Waals surface area contributed by atoms with E-state index in [1.165, 1.54) is 5.56 Å². The summed E-state index contributed by atoms with van der Waals surface area (Å²) < 4.78 is 11.7. The summed E-state index contributed by atoms with van der Waals surface area (Å²) >= 11 is 0. The van der Waals surface area contributed by atoms with Crippen molar-refractivity contribution in [2.24, 2.45) is 0 Å². The molecule has 0 saturated carbocycles. The fraction of sp³-hybridized carbons (Fsp3) is 0.250. The molecule has 0 aromatic heterocycles. The zero-order chi connectivity index (χ0) is 13.2. The van der Waals surface area contributed by atoms with Gasteiger partial charge in [0, 0.05) is 6.42 Å². The normalized spacial score (nSPS) is 16.8. The van der Waals surface area contributed by atoms with E-state index in [4.69, 9.17) is 15.2 Å². The Morgan fingerprint density at radius 3 is 2.84 bits per heavy atom. The van der Waals surface area contributed by atoms with E-state index in [0.29, 0.717) is 12.3 Å². The number of nitrogens with two attached hydrogens (primary N) is 1. The summed E-state index contributed by atoms with van der Waals surface area (Å²) in [6.45, 7) is 2.51. The van der Waals surface area contributed by atoms with Gasteiger partial charge in [0.25, 0.3) is 0 Å². The molecule has 0 fully saturated rings. The fourth-order valence-corrected chi connectivity index (χ4v) is 2.40. The molecule has 0 amide bonds. The molecule has 19 heavy (non-hydrogen) atoms. The smallest absolute Gasteiger partial charge is 0.145 e. The highest BCUT2D eigenvalue weighted by molar-refractivity contribution is 5.56. The monoisotopic (exact) mass is 255 g/mol. The molecule has 0 bridgehead atoms. The SMILES string of the molecule is Cc1cccc(N)c1OCC1Cc2ccccc2O1. The lowest BCUT2D eigenvalue weighted by molar-refractivity contribution is 0.148. The van der Waals surface area contributed by atoms with E-state index in [-0.39, 0.29) is 6.10 Å². The third-order valence-electron chi connectivity index (χ3n) is 3.37. The number of aryl methyl sites for hydroxylation is 1. The van der Waals surface area contributed by atoms with Crippen molar-refractivity contribution < 1.29 is 9.47 Å². The summed E-state index contributed by atoms with van der Waals surface area (Å²) in [5.41, 5.74) is 8.90.